The number of hydrogen-bond donors (Lipinski definition) is 2. The van der Waals surface area contributed by atoms with Crippen molar-refractivity contribution in [2.75, 3.05) is 5.73 Å². The van der Waals surface area contributed by atoms with Crippen LogP contribution in [-0.2, 0) is 6.54 Å². The molecule has 0 saturated carbocycles. The molecule has 0 atom stereocenters. The molecule has 0 bridgehead atoms. The van der Waals surface area contributed by atoms with Gasteiger partial charge in [-0.15, -0.1) is 0 Å². The Kier molecular flexibility index (Phi) is 3.54. The number of benzene rings is 1. The number of nitrogens with two attached hydrogens (primary N) is 1. The second-order valence-corrected chi connectivity index (χ2v) is 4.37. The summed E-state index contributed by atoms with van der Waals surface area (Å²) >= 11 is 12.1. The van der Waals surface area contributed by atoms with Crippen molar-refractivity contribution in [2.45, 2.75) is 13.5 Å². The maximum absolute atomic E-state index is 7.62. The SMILES string of the molecule is CCn1nc(-c2cccc(Cl)c2Cl)c(N)nc1=N. The third kappa shape index (κ3) is 2.19. The van der Waals surface area contributed by atoms with Crippen molar-refractivity contribution in [1.82, 2.24) is 14.8 Å². The number of nitrogens with zero attached hydrogens (tertiary/aromatic N) is 3. The van der Waals surface area contributed by atoms with Crippen LogP contribution in [0.1, 0.15) is 6.92 Å². The average Bonchev–Trinajstić information content (AvgIpc) is 2.34. The van der Waals surface area contributed by atoms with Gasteiger partial charge in [0.25, 0.3) is 0 Å². The molecule has 2 rings (SSSR count). The molecule has 0 aliphatic heterocycles. The Balaban J connectivity index is 2.71. The Morgan fingerprint density at radius 3 is 2.78 bits per heavy atom. The van der Waals surface area contributed by atoms with Gasteiger partial charge in [-0.1, -0.05) is 35.3 Å². The maximum Gasteiger partial charge on any atom is 0.240 e. The van der Waals surface area contributed by atoms with Crippen LogP contribution < -0.4 is 11.4 Å². The molecule has 0 spiro atoms. The smallest absolute Gasteiger partial charge is 0.240 e. The van der Waals surface area contributed by atoms with Crippen LogP contribution in [0.4, 0.5) is 5.82 Å². The van der Waals surface area contributed by atoms with E-state index in [0.29, 0.717) is 27.8 Å². The van der Waals surface area contributed by atoms with Gasteiger partial charge in [-0.05, 0) is 13.0 Å². The summed E-state index contributed by atoms with van der Waals surface area (Å²) in [5.74, 6) is 0.161. The summed E-state index contributed by atoms with van der Waals surface area (Å²) < 4.78 is 1.43. The molecule has 2 aromatic rings. The van der Waals surface area contributed by atoms with Crippen LogP contribution in [0, 0.1) is 5.41 Å². The number of halogens is 2. The van der Waals surface area contributed by atoms with Crippen LogP contribution in [0.5, 0.6) is 0 Å². The molecule has 0 amide bonds. The molecular formula is C11H11Cl2N5. The Morgan fingerprint density at radius 1 is 1.39 bits per heavy atom. The first-order valence-electron chi connectivity index (χ1n) is 5.28. The minimum atomic E-state index is 0.0110. The van der Waals surface area contributed by atoms with Gasteiger partial charge < -0.3 is 5.73 Å². The Hall–Kier alpha value is -1.59. The Bertz CT molecular complexity index is 650. The average molecular weight is 284 g/mol. The van der Waals surface area contributed by atoms with E-state index in [1.807, 2.05) is 6.92 Å². The van der Waals surface area contributed by atoms with Crippen LogP contribution >= 0.6 is 23.2 Å². The largest absolute Gasteiger partial charge is 0.382 e. The number of aryl methyl sites for hydroxylation is 1. The molecule has 0 radical (unpaired) electrons. The molecule has 1 aromatic carbocycles. The number of nitrogen functional groups attached to an aromatic ring is 1. The van der Waals surface area contributed by atoms with Crippen molar-refractivity contribution in [3.05, 3.63) is 33.9 Å². The summed E-state index contributed by atoms with van der Waals surface area (Å²) in [7, 11) is 0. The number of nitrogens with one attached hydrogen (secondary N) is 1. The summed E-state index contributed by atoms with van der Waals surface area (Å²) in [5, 5.41) is 12.7. The second-order valence-electron chi connectivity index (χ2n) is 3.59. The molecule has 3 N–H and O–H groups in total. The summed E-state index contributed by atoms with van der Waals surface area (Å²) in [6, 6.07) is 5.21. The van der Waals surface area contributed by atoms with Gasteiger partial charge in [0.15, 0.2) is 5.82 Å². The molecule has 5 nitrogen and oxygen atoms in total. The number of hydrogen-bond acceptors (Lipinski definition) is 4. The van der Waals surface area contributed by atoms with Crippen molar-refractivity contribution in [3.63, 3.8) is 0 Å². The number of rotatable bonds is 2. The van der Waals surface area contributed by atoms with Crippen LogP contribution in [0.15, 0.2) is 18.2 Å². The molecule has 94 valence electrons. The molecule has 1 aromatic heterocycles. The predicted molar refractivity (Wildman–Crippen MR) is 71.4 cm³/mol. The van der Waals surface area contributed by atoms with Gasteiger partial charge in [-0.3, -0.25) is 5.41 Å². The number of anilines is 1. The first-order chi connectivity index (χ1) is 8.54. The van der Waals surface area contributed by atoms with E-state index < -0.39 is 0 Å². The minimum absolute atomic E-state index is 0.0110. The highest BCUT2D eigenvalue weighted by Crippen LogP contribution is 2.33. The highest BCUT2D eigenvalue weighted by atomic mass is 35.5. The van der Waals surface area contributed by atoms with Gasteiger partial charge in [0.05, 0.1) is 10.0 Å². The molecule has 0 fully saturated rings. The Labute approximate surface area is 114 Å². The van der Waals surface area contributed by atoms with Crippen LogP contribution in [-0.4, -0.2) is 14.8 Å². The van der Waals surface area contributed by atoms with Crippen LogP contribution in [0.25, 0.3) is 11.3 Å². The lowest BCUT2D eigenvalue weighted by Gasteiger charge is -2.10. The zero-order valence-electron chi connectivity index (χ0n) is 9.61. The van der Waals surface area contributed by atoms with E-state index in [2.05, 4.69) is 10.1 Å². The molecule has 0 aliphatic rings. The monoisotopic (exact) mass is 283 g/mol. The minimum Gasteiger partial charge on any atom is -0.382 e. The van der Waals surface area contributed by atoms with E-state index in [4.69, 9.17) is 34.3 Å². The lowest BCUT2D eigenvalue weighted by molar-refractivity contribution is 0.577. The van der Waals surface area contributed by atoms with Gasteiger partial charge in [0.1, 0.15) is 5.69 Å². The highest BCUT2D eigenvalue weighted by molar-refractivity contribution is 6.43. The zero-order chi connectivity index (χ0) is 13.3. The fourth-order valence-electron chi connectivity index (χ4n) is 1.54. The fourth-order valence-corrected chi connectivity index (χ4v) is 1.93. The normalized spacial score (nSPS) is 10.6. The van der Waals surface area contributed by atoms with Gasteiger partial charge in [0, 0.05) is 12.1 Å². The van der Waals surface area contributed by atoms with Crippen molar-refractivity contribution in [3.8, 4) is 11.3 Å². The van der Waals surface area contributed by atoms with Gasteiger partial charge in [0.2, 0.25) is 5.62 Å². The van der Waals surface area contributed by atoms with E-state index >= 15 is 0 Å². The van der Waals surface area contributed by atoms with Gasteiger partial charge in [-0.25, -0.2) is 4.68 Å². The van der Waals surface area contributed by atoms with E-state index in [9.17, 15) is 0 Å². The van der Waals surface area contributed by atoms with E-state index in [0.717, 1.165) is 0 Å². The summed E-state index contributed by atoms with van der Waals surface area (Å²) in [4.78, 5) is 3.93. The standard InChI is InChI=1S/C11H11Cl2N5/c1-2-18-11(15)16-10(14)9(17-18)6-4-3-5-7(12)8(6)13/h3-5H,2H2,1H3,(H3,14,15,16). The second kappa shape index (κ2) is 4.96. The summed E-state index contributed by atoms with van der Waals surface area (Å²) in [6.45, 7) is 2.39. The first-order valence-corrected chi connectivity index (χ1v) is 6.03. The van der Waals surface area contributed by atoms with Crippen molar-refractivity contribution >= 4 is 29.0 Å². The fraction of sp³-hybridized carbons (Fsp3) is 0.182. The molecule has 18 heavy (non-hydrogen) atoms. The third-order valence-corrected chi connectivity index (χ3v) is 3.26. The molecule has 0 saturated heterocycles. The zero-order valence-corrected chi connectivity index (χ0v) is 11.1. The number of aromatic nitrogens is 3. The summed E-state index contributed by atoms with van der Waals surface area (Å²) in [5.41, 5.74) is 6.84. The molecule has 1 heterocycles. The summed E-state index contributed by atoms with van der Waals surface area (Å²) in [6.07, 6.45) is 0. The van der Waals surface area contributed by atoms with Gasteiger partial charge in [-0.2, -0.15) is 10.1 Å². The third-order valence-electron chi connectivity index (χ3n) is 2.44. The lowest BCUT2D eigenvalue weighted by atomic mass is 10.1. The van der Waals surface area contributed by atoms with Gasteiger partial charge >= 0.3 is 0 Å². The molecular weight excluding hydrogens is 273 g/mol. The maximum atomic E-state index is 7.62. The topological polar surface area (TPSA) is 80.6 Å². The Morgan fingerprint density at radius 2 is 2.11 bits per heavy atom. The molecule has 0 unspecified atom stereocenters. The van der Waals surface area contributed by atoms with Crippen molar-refractivity contribution in [2.24, 2.45) is 0 Å². The first kappa shape index (κ1) is 12.9. The van der Waals surface area contributed by atoms with E-state index in [1.165, 1.54) is 4.68 Å². The highest BCUT2D eigenvalue weighted by Gasteiger charge is 2.13. The van der Waals surface area contributed by atoms with Crippen molar-refractivity contribution < 1.29 is 0 Å². The van der Waals surface area contributed by atoms with E-state index in [1.54, 1.807) is 18.2 Å². The van der Waals surface area contributed by atoms with Crippen molar-refractivity contribution in [1.29, 1.82) is 5.41 Å². The van der Waals surface area contributed by atoms with E-state index in [-0.39, 0.29) is 11.4 Å². The predicted octanol–water partition coefficient (Wildman–Crippen LogP) is 2.33. The lowest BCUT2D eigenvalue weighted by Crippen LogP contribution is -2.27. The quantitative estimate of drug-likeness (QED) is 0.888. The molecule has 7 heteroatoms. The van der Waals surface area contributed by atoms with Crippen LogP contribution in [0.3, 0.4) is 0 Å². The molecule has 0 aliphatic carbocycles. The van der Waals surface area contributed by atoms with Crippen LogP contribution in [0.2, 0.25) is 10.0 Å².